The SMILES string of the molecule is COCC(=O)N1CCC(CCc2ccnc(Nc3cnccn3)c2)CC1. The quantitative estimate of drug-likeness (QED) is 0.822. The average Bonchev–Trinajstić information content (AvgIpc) is 2.68. The van der Waals surface area contributed by atoms with Gasteiger partial charge < -0.3 is 15.0 Å². The van der Waals surface area contributed by atoms with Crippen molar-refractivity contribution in [3.63, 3.8) is 0 Å². The van der Waals surface area contributed by atoms with Crippen LogP contribution in [0.15, 0.2) is 36.9 Å². The maximum Gasteiger partial charge on any atom is 0.248 e. The third-order valence-corrected chi connectivity index (χ3v) is 4.72. The first-order valence-electron chi connectivity index (χ1n) is 8.99. The molecule has 0 saturated carbocycles. The van der Waals surface area contributed by atoms with Crippen LogP contribution in [0.1, 0.15) is 24.8 Å². The number of rotatable bonds is 7. The van der Waals surface area contributed by atoms with Crippen molar-refractivity contribution in [3.8, 4) is 0 Å². The van der Waals surface area contributed by atoms with Crippen LogP contribution in [-0.4, -0.2) is 52.6 Å². The number of piperidine rings is 1. The van der Waals surface area contributed by atoms with Gasteiger partial charge in [-0.25, -0.2) is 9.97 Å². The van der Waals surface area contributed by atoms with E-state index in [1.165, 1.54) is 5.56 Å². The molecule has 0 aliphatic carbocycles. The molecule has 3 heterocycles. The predicted octanol–water partition coefficient (Wildman–Crippen LogP) is 2.43. The molecule has 1 amide bonds. The van der Waals surface area contributed by atoms with Crippen LogP contribution in [-0.2, 0) is 16.0 Å². The van der Waals surface area contributed by atoms with Gasteiger partial charge in [0.15, 0.2) is 0 Å². The number of carbonyl (C=O) groups is 1. The smallest absolute Gasteiger partial charge is 0.248 e. The molecule has 0 aromatic carbocycles. The third kappa shape index (κ3) is 5.23. The van der Waals surface area contributed by atoms with Crippen molar-refractivity contribution in [2.45, 2.75) is 25.7 Å². The van der Waals surface area contributed by atoms with Crippen molar-refractivity contribution in [2.24, 2.45) is 5.92 Å². The van der Waals surface area contributed by atoms with Crippen LogP contribution in [0.5, 0.6) is 0 Å². The lowest BCUT2D eigenvalue weighted by Gasteiger charge is -2.32. The summed E-state index contributed by atoms with van der Waals surface area (Å²) in [6.45, 7) is 1.86. The number of nitrogens with one attached hydrogen (secondary N) is 1. The fourth-order valence-corrected chi connectivity index (χ4v) is 3.25. The van der Waals surface area contributed by atoms with E-state index in [1.807, 2.05) is 11.1 Å². The molecule has 1 N–H and O–H groups in total. The van der Waals surface area contributed by atoms with E-state index in [1.54, 1.807) is 25.7 Å². The number of carbonyl (C=O) groups excluding carboxylic acids is 1. The molecule has 0 atom stereocenters. The molecule has 26 heavy (non-hydrogen) atoms. The second-order valence-corrected chi connectivity index (χ2v) is 6.56. The molecule has 1 aliphatic rings. The minimum atomic E-state index is 0.0970. The van der Waals surface area contributed by atoms with Crippen molar-refractivity contribution < 1.29 is 9.53 Å². The van der Waals surface area contributed by atoms with E-state index >= 15 is 0 Å². The summed E-state index contributed by atoms with van der Waals surface area (Å²) in [4.78, 5) is 26.3. The first-order chi connectivity index (χ1) is 12.7. The van der Waals surface area contributed by atoms with Crippen LogP contribution >= 0.6 is 0 Å². The van der Waals surface area contributed by atoms with E-state index in [0.29, 0.717) is 11.7 Å². The average molecular weight is 355 g/mol. The Morgan fingerprint density at radius 2 is 2.04 bits per heavy atom. The number of nitrogens with zero attached hydrogens (tertiary/aromatic N) is 4. The number of likely N-dealkylation sites (tertiary alicyclic amines) is 1. The van der Waals surface area contributed by atoms with Crippen LogP contribution in [0.25, 0.3) is 0 Å². The Bertz CT molecular complexity index is 702. The van der Waals surface area contributed by atoms with Gasteiger partial charge in [0, 0.05) is 38.8 Å². The molecule has 1 aliphatic heterocycles. The van der Waals surface area contributed by atoms with Crippen LogP contribution in [0.2, 0.25) is 0 Å². The standard InChI is InChI=1S/C19H25N5O2/c1-26-14-19(25)24-10-5-15(6-11-24)2-3-16-4-7-21-17(12-16)23-18-13-20-8-9-22-18/h4,7-9,12-13,15H,2-3,5-6,10-11,14H2,1H3,(H,21,22,23). The number of ether oxygens (including phenoxy) is 1. The van der Waals surface area contributed by atoms with Gasteiger partial charge in [-0.05, 0) is 49.3 Å². The van der Waals surface area contributed by atoms with Gasteiger partial charge in [0.25, 0.3) is 0 Å². The fourth-order valence-electron chi connectivity index (χ4n) is 3.25. The summed E-state index contributed by atoms with van der Waals surface area (Å²) in [7, 11) is 1.56. The van der Waals surface area contributed by atoms with Gasteiger partial charge in [0.1, 0.15) is 18.2 Å². The lowest BCUT2D eigenvalue weighted by atomic mass is 9.90. The largest absolute Gasteiger partial charge is 0.375 e. The summed E-state index contributed by atoms with van der Waals surface area (Å²) in [6, 6.07) is 4.12. The number of hydrogen-bond donors (Lipinski definition) is 1. The molecular formula is C19H25N5O2. The Labute approximate surface area is 153 Å². The van der Waals surface area contributed by atoms with Crippen LogP contribution in [0.4, 0.5) is 11.6 Å². The van der Waals surface area contributed by atoms with Gasteiger partial charge in [0.05, 0.1) is 6.20 Å². The molecule has 0 bridgehead atoms. The molecule has 2 aromatic heterocycles. The Kier molecular flexibility index (Phi) is 6.49. The monoisotopic (exact) mass is 355 g/mol. The minimum absolute atomic E-state index is 0.0970. The van der Waals surface area contributed by atoms with E-state index in [0.717, 1.165) is 44.6 Å². The molecular weight excluding hydrogens is 330 g/mol. The lowest BCUT2D eigenvalue weighted by molar-refractivity contribution is -0.136. The highest BCUT2D eigenvalue weighted by Gasteiger charge is 2.22. The normalized spacial score (nSPS) is 15.0. The number of amides is 1. The molecule has 1 saturated heterocycles. The second kappa shape index (κ2) is 9.24. The zero-order valence-corrected chi connectivity index (χ0v) is 15.1. The highest BCUT2D eigenvalue weighted by atomic mass is 16.5. The number of pyridine rings is 1. The summed E-state index contributed by atoms with van der Waals surface area (Å²) in [6.07, 6.45) is 11.0. The summed E-state index contributed by atoms with van der Waals surface area (Å²) in [5, 5.41) is 3.17. The Hall–Kier alpha value is -2.54. The highest BCUT2D eigenvalue weighted by Crippen LogP contribution is 2.23. The van der Waals surface area contributed by atoms with E-state index in [2.05, 4.69) is 32.4 Å². The van der Waals surface area contributed by atoms with E-state index in [-0.39, 0.29) is 12.5 Å². The van der Waals surface area contributed by atoms with Gasteiger partial charge >= 0.3 is 0 Å². The van der Waals surface area contributed by atoms with Crippen LogP contribution in [0, 0.1) is 5.92 Å². The Morgan fingerprint density at radius 3 is 2.77 bits per heavy atom. The van der Waals surface area contributed by atoms with Gasteiger partial charge in [-0.15, -0.1) is 0 Å². The molecule has 0 radical (unpaired) electrons. The topological polar surface area (TPSA) is 80.2 Å². The number of aryl methyl sites for hydroxylation is 1. The number of anilines is 2. The summed E-state index contributed by atoms with van der Waals surface area (Å²) in [5.41, 5.74) is 1.25. The summed E-state index contributed by atoms with van der Waals surface area (Å²) >= 11 is 0. The molecule has 138 valence electrons. The third-order valence-electron chi connectivity index (χ3n) is 4.72. The molecule has 0 spiro atoms. The number of aromatic nitrogens is 3. The minimum Gasteiger partial charge on any atom is -0.375 e. The molecule has 7 nitrogen and oxygen atoms in total. The fraction of sp³-hybridized carbons (Fsp3) is 0.474. The van der Waals surface area contributed by atoms with Crippen LogP contribution < -0.4 is 5.32 Å². The van der Waals surface area contributed by atoms with Crippen molar-refractivity contribution >= 4 is 17.5 Å². The first kappa shape index (κ1) is 18.3. The highest BCUT2D eigenvalue weighted by molar-refractivity contribution is 5.77. The number of methoxy groups -OCH3 is 1. The van der Waals surface area contributed by atoms with E-state index in [4.69, 9.17) is 4.74 Å². The molecule has 7 heteroatoms. The molecule has 2 aromatic rings. The zero-order chi connectivity index (χ0) is 18.2. The second-order valence-electron chi connectivity index (χ2n) is 6.56. The van der Waals surface area contributed by atoms with Gasteiger partial charge in [-0.1, -0.05) is 0 Å². The van der Waals surface area contributed by atoms with Gasteiger partial charge in [-0.3, -0.25) is 9.78 Å². The Morgan fingerprint density at radius 1 is 1.23 bits per heavy atom. The zero-order valence-electron chi connectivity index (χ0n) is 15.1. The van der Waals surface area contributed by atoms with E-state index < -0.39 is 0 Å². The molecule has 0 unspecified atom stereocenters. The van der Waals surface area contributed by atoms with Crippen LogP contribution in [0.3, 0.4) is 0 Å². The van der Waals surface area contributed by atoms with Crippen molar-refractivity contribution in [3.05, 3.63) is 42.5 Å². The summed E-state index contributed by atoms with van der Waals surface area (Å²) in [5.74, 6) is 2.22. The van der Waals surface area contributed by atoms with Gasteiger partial charge in [0.2, 0.25) is 5.91 Å². The molecule has 3 rings (SSSR count). The number of hydrogen-bond acceptors (Lipinski definition) is 6. The maximum absolute atomic E-state index is 11.8. The van der Waals surface area contributed by atoms with Gasteiger partial charge in [-0.2, -0.15) is 0 Å². The van der Waals surface area contributed by atoms with E-state index in [9.17, 15) is 4.79 Å². The van der Waals surface area contributed by atoms with Crippen molar-refractivity contribution in [2.75, 3.05) is 32.1 Å². The van der Waals surface area contributed by atoms with Crippen molar-refractivity contribution in [1.29, 1.82) is 0 Å². The maximum atomic E-state index is 11.8. The lowest BCUT2D eigenvalue weighted by Crippen LogP contribution is -2.40. The van der Waals surface area contributed by atoms with Crippen molar-refractivity contribution in [1.82, 2.24) is 19.9 Å². The summed E-state index contributed by atoms with van der Waals surface area (Å²) < 4.78 is 4.93. The molecule has 1 fully saturated rings. The Balaban J connectivity index is 1.47. The first-order valence-corrected chi connectivity index (χ1v) is 8.99. The predicted molar refractivity (Wildman–Crippen MR) is 99.1 cm³/mol.